The molecule has 1 aromatic rings. The average Bonchev–Trinajstić information content (AvgIpc) is 2.54. The maximum atomic E-state index is 9.64. The van der Waals surface area contributed by atoms with Crippen LogP contribution in [-0.2, 0) is 30.4 Å². The van der Waals surface area contributed by atoms with Crippen molar-refractivity contribution < 1.29 is 34.0 Å². The third-order valence-electron chi connectivity index (χ3n) is 2.47. The predicted molar refractivity (Wildman–Crippen MR) is 83.3 cm³/mol. The molecule has 0 aromatic heterocycles. The minimum atomic E-state index is -1.08. The quantitative estimate of drug-likeness (QED) is 0.597. The number of rotatable bonds is 11. The lowest BCUT2D eigenvalue weighted by Gasteiger charge is -2.05. The largest absolute Gasteiger partial charge is 0.481 e. The first kappa shape index (κ1) is 21.0. The molecule has 2 N–H and O–H groups in total. The Morgan fingerprint density at radius 1 is 0.870 bits per heavy atom. The van der Waals surface area contributed by atoms with Gasteiger partial charge in [-0.15, -0.1) is 0 Å². The van der Waals surface area contributed by atoms with Gasteiger partial charge in [0.15, 0.2) is 0 Å². The van der Waals surface area contributed by atoms with E-state index in [0.29, 0.717) is 33.0 Å². The molecule has 0 fully saturated rings. The molecule has 7 nitrogen and oxygen atoms in total. The molecule has 7 heteroatoms. The van der Waals surface area contributed by atoms with E-state index < -0.39 is 11.9 Å². The number of carboxylic acid groups (broad SMARTS) is 2. The van der Waals surface area contributed by atoms with Crippen LogP contribution in [-0.4, -0.2) is 55.7 Å². The Kier molecular flexibility index (Phi) is 13.7. The van der Waals surface area contributed by atoms with E-state index in [1.54, 1.807) is 7.11 Å². The van der Waals surface area contributed by atoms with Gasteiger partial charge >= 0.3 is 11.9 Å². The number of carboxylic acids is 2. The first-order valence-corrected chi connectivity index (χ1v) is 7.18. The molecule has 0 aliphatic heterocycles. The Bertz CT molecular complexity index is 406. The third-order valence-corrected chi connectivity index (χ3v) is 2.47. The van der Waals surface area contributed by atoms with Crippen LogP contribution in [0.4, 0.5) is 0 Å². The molecular weight excluding hydrogens is 304 g/mol. The monoisotopic (exact) mass is 328 g/mol. The Morgan fingerprint density at radius 2 is 1.39 bits per heavy atom. The molecule has 0 radical (unpaired) electrons. The van der Waals surface area contributed by atoms with Crippen LogP contribution in [0.5, 0.6) is 0 Å². The van der Waals surface area contributed by atoms with E-state index in [-0.39, 0.29) is 12.8 Å². The molecule has 0 heterocycles. The van der Waals surface area contributed by atoms with Gasteiger partial charge in [-0.1, -0.05) is 30.3 Å². The molecule has 0 bridgehead atoms. The summed E-state index contributed by atoms with van der Waals surface area (Å²) in [5.41, 5.74) is 1.19. The Labute approximate surface area is 135 Å². The standard InChI is InChI=1S/C12H18O3.C4H6O4/c1-13-7-8-14-9-10-15-11-12-5-3-2-4-6-12;5-3(6)1-2-4(7)8/h2-6H,7-11H2,1H3;1-2H2,(H,5,6)(H,7,8). The Hall–Kier alpha value is -1.96. The van der Waals surface area contributed by atoms with Crippen LogP contribution in [0.1, 0.15) is 18.4 Å². The molecule has 0 saturated carbocycles. The lowest BCUT2D eigenvalue weighted by atomic mass is 10.2. The summed E-state index contributed by atoms with van der Waals surface area (Å²) >= 11 is 0. The van der Waals surface area contributed by atoms with E-state index in [1.165, 1.54) is 5.56 Å². The molecule has 0 unspecified atom stereocenters. The fourth-order valence-electron chi connectivity index (χ4n) is 1.34. The molecule has 0 amide bonds. The molecule has 0 aliphatic carbocycles. The number of hydrogen-bond acceptors (Lipinski definition) is 5. The lowest BCUT2D eigenvalue weighted by molar-refractivity contribution is -0.143. The lowest BCUT2D eigenvalue weighted by Crippen LogP contribution is -2.08. The second kappa shape index (κ2) is 15.0. The molecule has 0 atom stereocenters. The van der Waals surface area contributed by atoms with Crippen molar-refractivity contribution in [2.45, 2.75) is 19.4 Å². The van der Waals surface area contributed by atoms with Gasteiger partial charge in [0, 0.05) is 7.11 Å². The summed E-state index contributed by atoms with van der Waals surface area (Å²) in [7, 11) is 1.66. The highest BCUT2D eigenvalue weighted by atomic mass is 16.5. The van der Waals surface area contributed by atoms with Gasteiger partial charge in [0.25, 0.3) is 0 Å². The van der Waals surface area contributed by atoms with E-state index in [0.717, 1.165) is 0 Å². The Morgan fingerprint density at radius 3 is 1.91 bits per heavy atom. The number of carbonyl (C=O) groups is 2. The van der Waals surface area contributed by atoms with Gasteiger partial charge in [-0.05, 0) is 5.56 Å². The van der Waals surface area contributed by atoms with E-state index in [9.17, 15) is 9.59 Å². The van der Waals surface area contributed by atoms with Crippen LogP contribution in [0.25, 0.3) is 0 Å². The van der Waals surface area contributed by atoms with E-state index in [1.807, 2.05) is 30.3 Å². The topological polar surface area (TPSA) is 102 Å². The molecule has 0 spiro atoms. The number of benzene rings is 1. The van der Waals surface area contributed by atoms with Crippen molar-refractivity contribution in [3.8, 4) is 0 Å². The maximum absolute atomic E-state index is 9.64. The van der Waals surface area contributed by atoms with Gasteiger partial charge in [0.05, 0.1) is 45.9 Å². The van der Waals surface area contributed by atoms with E-state index in [4.69, 9.17) is 24.4 Å². The first-order valence-electron chi connectivity index (χ1n) is 7.18. The molecule has 1 aromatic carbocycles. The fourth-order valence-corrected chi connectivity index (χ4v) is 1.34. The van der Waals surface area contributed by atoms with Crippen molar-refractivity contribution in [3.63, 3.8) is 0 Å². The van der Waals surface area contributed by atoms with Gasteiger partial charge in [0.1, 0.15) is 0 Å². The van der Waals surface area contributed by atoms with Crippen molar-refractivity contribution in [1.82, 2.24) is 0 Å². The first-order chi connectivity index (χ1) is 11.1. The number of methoxy groups -OCH3 is 1. The predicted octanol–water partition coefficient (Wildman–Crippen LogP) is 1.80. The number of ether oxygens (including phenoxy) is 3. The highest BCUT2D eigenvalue weighted by Gasteiger charge is 2.00. The minimum absolute atomic E-state index is 0.296. The van der Waals surface area contributed by atoms with Crippen molar-refractivity contribution in [3.05, 3.63) is 35.9 Å². The van der Waals surface area contributed by atoms with E-state index >= 15 is 0 Å². The fraction of sp³-hybridized carbons (Fsp3) is 0.500. The summed E-state index contributed by atoms with van der Waals surface area (Å²) in [6, 6.07) is 10.1. The number of hydrogen-bond donors (Lipinski definition) is 2. The van der Waals surface area contributed by atoms with Crippen LogP contribution in [0.2, 0.25) is 0 Å². The zero-order chi connectivity index (χ0) is 17.3. The van der Waals surface area contributed by atoms with Gasteiger partial charge in [-0.3, -0.25) is 9.59 Å². The van der Waals surface area contributed by atoms with Crippen molar-refractivity contribution in [2.75, 3.05) is 33.5 Å². The van der Waals surface area contributed by atoms with E-state index in [2.05, 4.69) is 0 Å². The normalized spacial score (nSPS) is 9.78. The third kappa shape index (κ3) is 16.2. The summed E-state index contributed by atoms with van der Waals surface area (Å²) in [5, 5.41) is 15.8. The van der Waals surface area contributed by atoms with Crippen LogP contribution in [0.3, 0.4) is 0 Å². The molecule has 23 heavy (non-hydrogen) atoms. The van der Waals surface area contributed by atoms with Gasteiger partial charge in [-0.2, -0.15) is 0 Å². The maximum Gasteiger partial charge on any atom is 0.303 e. The summed E-state index contributed by atoms with van der Waals surface area (Å²) in [6.45, 7) is 3.16. The van der Waals surface area contributed by atoms with Gasteiger partial charge in [-0.25, -0.2) is 0 Å². The molecule has 0 aliphatic rings. The highest BCUT2D eigenvalue weighted by Crippen LogP contribution is 1.99. The van der Waals surface area contributed by atoms with Crippen LogP contribution < -0.4 is 0 Å². The highest BCUT2D eigenvalue weighted by molar-refractivity contribution is 5.75. The van der Waals surface area contributed by atoms with Gasteiger partial charge in [0.2, 0.25) is 0 Å². The smallest absolute Gasteiger partial charge is 0.303 e. The van der Waals surface area contributed by atoms with Crippen LogP contribution in [0.15, 0.2) is 30.3 Å². The number of aliphatic carboxylic acids is 2. The zero-order valence-corrected chi connectivity index (χ0v) is 13.3. The summed E-state index contributed by atoms with van der Waals surface area (Å²) < 4.78 is 15.5. The summed E-state index contributed by atoms with van der Waals surface area (Å²) in [6.07, 6.45) is -0.593. The summed E-state index contributed by atoms with van der Waals surface area (Å²) in [5.74, 6) is -2.15. The summed E-state index contributed by atoms with van der Waals surface area (Å²) in [4.78, 5) is 19.3. The van der Waals surface area contributed by atoms with Crippen LogP contribution >= 0.6 is 0 Å². The van der Waals surface area contributed by atoms with Gasteiger partial charge < -0.3 is 24.4 Å². The second-order valence-electron chi connectivity index (χ2n) is 4.43. The molecule has 1 rings (SSSR count). The van der Waals surface area contributed by atoms with Crippen molar-refractivity contribution in [1.29, 1.82) is 0 Å². The van der Waals surface area contributed by atoms with Crippen molar-refractivity contribution >= 4 is 11.9 Å². The second-order valence-corrected chi connectivity index (χ2v) is 4.43. The molecule has 130 valence electrons. The molecular formula is C16H24O7. The van der Waals surface area contributed by atoms with Crippen LogP contribution in [0, 0.1) is 0 Å². The zero-order valence-electron chi connectivity index (χ0n) is 13.3. The SMILES string of the molecule is COCCOCCOCc1ccccc1.O=C(O)CCC(=O)O. The Balaban J connectivity index is 0.000000515. The van der Waals surface area contributed by atoms with Crippen molar-refractivity contribution in [2.24, 2.45) is 0 Å². The molecule has 0 saturated heterocycles. The average molecular weight is 328 g/mol. The minimum Gasteiger partial charge on any atom is -0.481 e.